The first-order valence-electron chi connectivity index (χ1n) is 1.90. The first-order valence-corrected chi connectivity index (χ1v) is 2.39. The molecule has 0 aromatic rings. The maximum absolute atomic E-state index is 9.67. The highest BCUT2D eigenvalue weighted by atomic mass is 32.2. The fraction of sp³-hybridized carbons (Fsp3) is 0.750. The molecule has 0 atom stereocenters. The molecule has 6 heavy (non-hydrogen) atoms. The fourth-order valence-corrected chi connectivity index (χ4v) is 0.177. The lowest BCUT2D eigenvalue weighted by Gasteiger charge is -1.69. The van der Waals surface area contributed by atoms with Gasteiger partial charge in [0.25, 0.3) is 0 Å². The molecule has 0 N–H and O–H groups in total. The molecule has 1 nitrogen and oxygen atoms in total. The largest absolute Gasteiger partial charge is 0.291 e. The van der Waals surface area contributed by atoms with Gasteiger partial charge in [0.15, 0.2) is 5.59 Å². The van der Waals surface area contributed by atoms with E-state index in [1.165, 1.54) is 0 Å². The second-order valence-corrected chi connectivity index (χ2v) is 1.55. The normalized spacial score (nSPS) is 8.50. The minimum atomic E-state index is -0.544. The molecule has 0 amide bonds. The lowest BCUT2D eigenvalue weighted by molar-refractivity contribution is 0.570. The summed E-state index contributed by atoms with van der Waals surface area (Å²) < 4.78 is 6.30. The summed E-state index contributed by atoms with van der Waals surface area (Å²) >= 11 is 1.01. The maximum atomic E-state index is 9.67. The molecule has 0 aromatic carbocycles. The summed E-state index contributed by atoms with van der Waals surface area (Å²) in [5.74, 6) is 0.711. The zero-order chi connectivity index (χ0) is 4.99. The Hall–Kier alpha value is 0.0200. The van der Waals surface area contributed by atoms with Crippen molar-refractivity contribution in [1.82, 2.24) is 0 Å². The van der Waals surface area contributed by atoms with Crippen LogP contribution in [-0.4, -0.2) is 11.3 Å². The van der Waals surface area contributed by atoms with Crippen molar-refractivity contribution in [3.8, 4) is 0 Å². The van der Waals surface area contributed by atoms with E-state index in [1.807, 2.05) is 6.92 Å². The van der Waals surface area contributed by atoms with Crippen molar-refractivity contribution in [2.45, 2.75) is 14.4 Å². The van der Waals surface area contributed by atoms with Gasteiger partial charge in [-0.15, -0.1) is 0 Å². The lowest BCUT2D eigenvalue weighted by Crippen LogP contribution is -1.60. The van der Waals surface area contributed by atoms with Gasteiger partial charge in [0.2, 0.25) is 0 Å². The van der Waals surface area contributed by atoms with E-state index >= 15 is 0 Å². The highest BCUT2D eigenvalue weighted by molar-refractivity contribution is 8.11. The van der Waals surface area contributed by atoms with Crippen LogP contribution in [0.15, 0.2) is 0 Å². The van der Waals surface area contributed by atoms with Gasteiger partial charge in [0, 0.05) is 0 Å². The number of rotatable bonds is 1. The van der Waals surface area contributed by atoms with Crippen molar-refractivity contribution in [3.63, 3.8) is 0 Å². The maximum Gasteiger partial charge on any atom is 0.176 e. The second kappa shape index (κ2) is 8.89. The van der Waals surface area contributed by atoms with Crippen LogP contribution in [0.3, 0.4) is 0 Å². The minimum absolute atomic E-state index is 0. The average molecular weight is 108 g/mol. The van der Waals surface area contributed by atoms with Crippen LogP contribution in [0.1, 0.15) is 15.7 Å². The van der Waals surface area contributed by atoms with E-state index in [0.717, 1.165) is 11.8 Å². The quantitative estimate of drug-likeness (QED) is 0.474. The summed E-state index contributed by atoms with van der Waals surface area (Å²) in [5, 5.41) is 0. The van der Waals surface area contributed by atoms with Crippen LogP contribution < -0.4 is 0 Å². The standard InChI is InChI=1S/C3H6OS.CH4/c1-2-5-3-4;/h3H,2H2,1H3;1H4/i3T;. The van der Waals surface area contributed by atoms with Crippen molar-refractivity contribution >= 4 is 17.4 Å². The Kier molecular flexibility index (Phi) is 8.92. The Balaban J connectivity index is 0. The highest BCUT2D eigenvalue weighted by Crippen LogP contribution is 1.86. The third-order valence-corrected chi connectivity index (χ3v) is 0.610. The van der Waals surface area contributed by atoms with Crippen LogP contribution in [0, 0.1) is 0 Å². The lowest BCUT2D eigenvalue weighted by atomic mass is 11.0. The van der Waals surface area contributed by atoms with Gasteiger partial charge in [-0.05, 0) is 5.75 Å². The summed E-state index contributed by atoms with van der Waals surface area (Å²) in [5.41, 5.74) is -0.544. The zero-order valence-electron chi connectivity index (χ0n) is 4.02. The van der Waals surface area contributed by atoms with Gasteiger partial charge in [0.05, 0.1) is 0 Å². The van der Waals surface area contributed by atoms with E-state index in [9.17, 15) is 4.79 Å². The van der Waals surface area contributed by atoms with E-state index in [0.29, 0.717) is 5.75 Å². The summed E-state index contributed by atoms with van der Waals surface area (Å²) in [6, 6.07) is 0. The Bertz CT molecular complexity index is 55.7. The monoisotopic (exact) mass is 108 g/mol. The van der Waals surface area contributed by atoms with Gasteiger partial charge >= 0.3 is 0 Å². The first-order chi connectivity index (χ1) is 2.77. The number of hydrogen-bond donors (Lipinski definition) is 0. The van der Waals surface area contributed by atoms with E-state index in [-0.39, 0.29) is 7.43 Å². The van der Waals surface area contributed by atoms with Crippen LogP contribution >= 0.6 is 11.8 Å². The Morgan fingerprint density at radius 3 is 2.67 bits per heavy atom. The highest BCUT2D eigenvalue weighted by Gasteiger charge is 1.66. The predicted molar refractivity (Wildman–Crippen MR) is 31.6 cm³/mol. The van der Waals surface area contributed by atoms with Crippen LogP contribution in [0.4, 0.5) is 0 Å². The number of hydrogen-bond acceptors (Lipinski definition) is 2. The minimum Gasteiger partial charge on any atom is -0.291 e. The van der Waals surface area contributed by atoms with Crippen molar-refractivity contribution < 1.29 is 6.17 Å². The summed E-state index contributed by atoms with van der Waals surface area (Å²) in [6.07, 6.45) is 0. The van der Waals surface area contributed by atoms with Crippen LogP contribution in [-0.2, 0) is 4.79 Å². The number of carbonyl (C=O) groups excluding carboxylic acids is 1. The molecule has 0 unspecified atom stereocenters. The average Bonchev–Trinajstić information content (AvgIpc) is 1.35. The molecule has 0 bridgehead atoms. The molecule has 38 valence electrons. The zero-order valence-corrected chi connectivity index (χ0v) is 3.84. The predicted octanol–water partition coefficient (Wildman–Crippen LogP) is 1.57. The van der Waals surface area contributed by atoms with E-state index < -0.39 is 5.59 Å². The molecule has 2 heteroatoms. The van der Waals surface area contributed by atoms with Gasteiger partial charge in [-0.3, -0.25) is 4.79 Å². The summed E-state index contributed by atoms with van der Waals surface area (Å²) in [4.78, 5) is 9.67. The molecule has 0 aromatic heterocycles. The van der Waals surface area contributed by atoms with E-state index in [1.54, 1.807) is 0 Å². The number of carbonyl (C=O) groups is 1. The summed E-state index contributed by atoms with van der Waals surface area (Å²) in [6.45, 7) is 1.84. The van der Waals surface area contributed by atoms with Gasteiger partial charge in [-0.25, -0.2) is 0 Å². The van der Waals surface area contributed by atoms with Crippen LogP contribution in [0.25, 0.3) is 0 Å². The molecule has 0 aliphatic carbocycles. The molecule has 0 spiro atoms. The Morgan fingerprint density at radius 2 is 2.67 bits per heavy atom. The SMILES string of the molecule is C.[3H]C(=O)SCC. The number of thioether (sulfide) groups is 1. The smallest absolute Gasteiger partial charge is 0.176 e. The van der Waals surface area contributed by atoms with E-state index in [2.05, 4.69) is 0 Å². The van der Waals surface area contributed by atoms with Crippen LogP contribution in [0.2, 0.25) is 0 Å². The van der Waals surface area contributed by atoms with Crippen molar-refractivity contribution in [1.29, 1.82) is 0 Å². The molecule has 0 rings (SSSR count). The summed E-state index contributed by atoms with van der Waals surface area (Å²) in [7, 11) is 0. The molecular formula is C4H10OS. The third kappa shape index (κ3) is 8.99. The molecule has 0 fully saturated rings. The van der Waals surface area contributed by atoms with Gasteiger partial charge < -0.3 is 0 Å². The van der Waals surface area contributed by atoms with Gasteiger partial charge in [-0.2, -0.15) is 0 Å². The topological polar surface area (TPSA) is 17.1 Å². The Morgan fingerprint density at radius 1 is 2.17 bits per heavy atom. The molecule has 0 saturated carbocycles. The van der Waals surface area contributed by atoms with Crippen molar-refractivity contribution in [3.05, 3.63) is 0 Å². The molecule has 0 heterocycles. The van der Waals surface area contributed by atoms with Crippen molar-refractivity contribution in [2.24, 2.45) is 0 Å². The first kappa shape index (κ1) is 6.02. The fourth-order valence-electron chi connectivity index (χ4n) is 0.0589. The molecule has 0 aliphatic rings. The van der Waals surface area contributed by atoms with Crippen LogP contribution in [0.5, 0.6) is 0 Å². The third-order valence-electron chi connectivity index (χ3n) is 0.203. The molecule has 0 saturated heterocycles. The van der Waals surface area contributed by atoms with Gasteiger partial charge in [-0.1, -0.05) is 26.1 Å². The molecule has 0 radical (unpaired) electrons. The van der Waals surface area contributed by atoms with Gasteiger partial charge in [0.1, 0.15) is 1.37 Å². The molecule has 0 aliphatic heterocycles. The second-order valence-electron chi connectivity index (χ2n) is 0.516. The van der Waals surface area contributed by atoms with E-state index in [4.69, 9.17) is 1.37 Å². The van der Waals surface area contributed by atoms with Crippen molar-refractivity contribution in [2.75, 3.05) is 5.75 Å². The Labute approximate surface area is 44.5 Å². The molecular weight excluding hydrogens is 96.1 g/mol.